The van der Waals surface area contributed by atoms with Gasteiger partial charge in [-0.2, -0.15) is 0 Å². The van der Waals surface area contributed by atoms with Gasteiger partial charge in [0.25, 0.3) is 0 Å². The molecule has 0 aromatic heterocycles. The van der Waals surface area contributed by atoms with Crippen LogP contribution in [-0.2, 0) is 9.59 Å². The molecule has 1 fully saturated rings. The molecule has 2 atom stereocenters. The smallest absolute Gasteiger partial charge is 0.234 e. The maximum Gasteiger partial charge on any atom is 0.234 e. The fourth-order valence-corrected chi connectivity index (χ4v) is 2.24. The Morgan fingerprint density at radius 1 is 1.16 bits per heavy atom. The van der Waals surface area contributed by atoms with Crippen molar-refractivity contribution in [2.45, 2.75) is 52.6 Å². The van der Waals surface area contributed by atoms with Crippen LogP contribution in [0.1, 0.15) is 40.5 Å². The fourth-order valence-electron chi connectivity index (χ4n) is 2.24. The fraction of sp³-hybridized carbons (Fsp3) is 0.857. The molecule has 1 heterocycles. The average Bonchev–Trinajstić information content (AvgIpc) is 2.37. The number of nitrogens with two attached hydrogens (primary N) is 1. The predicted molar refractivity (Wildman–Crippen MR) is 75.4 cm³/mol. The number of hydrogen-bond acceptors (Lipinski definition) is 3. The number of piperidine rings is 1. The van der Waals surface area contributed by atoms with Crippen LogP contribution in [0.3, 0.4) is 0 Å². The molecule has 19 heavy (non-hydrogen) atoms. The summed E-state index contributed by atoms with van der Waals surface area (Å²) < 4.78 is 0. The molecule has 0 unspecified atom stereocenters. The zero-order valence-corrected chi connectivity index (χ0v) is 12.5. The summed E-state index contributed by atoms with van der Waals surface area (Å²) >= 11 is 0. The molecule has 0 bridgehead atoms. The zero-order chi connectivity index (χ0) is 14.6. The van der Waals surface area contributed by atoms with Crippen molar-refractivity contribution in [3.63, 3.8) is 0 Å². The molecule has 0 aromatic carbocycles. The van der Waals surface area contributed by atoms with Gasteiger partial charge >= 0.3 is 0 Å². The highest BCUT2D eigenvalue weighted by Crippen LogP contribution is 2.19. The van der Waals surface area contributed by atoms with Crippen molar-refractivity contribution in [3.8, 4) is 0 Å². The third kappa shape index (κ3) is 4.49. The Kier molecular flexibility index (Phi) is 5.79. The van der Waals surface area contributed by atoms with Gasteiger partial charge in [0, 0.05) is 12.0 Å². The average molecular weight is 269 g/mol. The Bertz CT molecular complexity index is 323. The lowest BCUT2D eigenvalue weighted by Crippen LogP contribution is -2.49. The van der Waals surface area contributed by atoms with Gasteiger partial charge in [-0.1, -0.05) is 13.8 Å². The van der Waals surface area contributed by atoms with Crippen molar-refractivity contribution in [2.24, 2.45) is 17.6 Å². The van der Waals surface area contributed by atoms with Crippen LogP contribution in [0.15, 0.2) is 0 Å². The first kappa shape index (κ1) is 16.0. The Morgan fingerprint density at radius 2 is 1.68 bits per heavy atom. The van der Waals surface area contributed by atoms with E-state index in [9.17, 15) is 9.59 Å². The Morgan fingerprint density at radius 3 is 2.11 bits per heavy atom. The largest absolute Gasteiger partial charge is 0.368 e. The van der Waals surface area contributed by atoms with Crippen LogP contribution in [0.4, 0.5) is 0 Å². The van der Waals surface area contributed by atoms with Gasteiger partial charge in [0.05, 0.1) is 6.04 Å². The molecular weight excluding hydrogens is 242 g/mol. The van der Waals surface area contributed by atoms with E-state index in [-0.39, 0.29) is 29.8 Å². The Hall–Kier alpha value is -1.10. The second kappa shape index (κ2) is 6.89. The minimum atomic E-state index is -0.295. The van der Waals surface area contributed by atoms with Crippen molar-refractivity contribution in [1.82, 2.24) is 10.2 Å². The molecule has 5 nitrogen and oxygen atoms in total. The molecule has 2 amide bonds. The van der Waals surface area contributed by atoms with E-state index in [1.54, 1.807) is 0 Å². The summed E-state index contributed by atoms with van der Waals surface area (Å²) in [5, 5.41) is 3.07. The van der Waals surface area contributed by atoms with Crippen molar-refractivity contribution < 1.29 is 9.59 Å². The summed E-state index contributed by atoms with van der Waals surface area (Å²) in [7, 11) is 0. The molecule has 1 rings (SSSR count). The molecule has 1 aliphatic rings. The highest BCUT2D eigenvalue weighted by molar-refractivity contribution is 5.80. The van der Waals surface area contributed by atoms with E-state index in [0.29, 0.717) is 5.92 Å². The van der Waals surface area contributed by atoms with E-state index in [1.807, 2.05) is 13.8 Å². The van der Waals surface area contributed by atoms with Gasteiger partial charge in [-0.05, 0) is 45.7 Å². The van der Waals surface area contributed by atoms with Crippen LogP contribution in [0.25, 0.3) is 0 Å². The first-order valence-corrected chi connectivity index (χ1v) is 7.16. The lowest BCUT2D eigenvalue weighted by Gasteiger charge is -2.34. The molecule has 110 valence electrons. The molecule has 1 saturated heterocycles. The second-order valence-electron chi connectivity index (χ2n) is 5.93. The predicted octanol–water partition coefficient (Wildman–Crippen LogP) is 0.733. The quantitative estimate of drug-likeness (QED) is 0.772. The van der Waals surface area contributed by atoms with Gasteiger partial charge in [-0.15, -0.1) is 0 Å². The van der Waals surface area contributed by atoms with Crippen molar-refractivity contribution in [2.75, 3.05) is 13.1 Å². The highest BCUT2D eigenvalue weighted by atomic mass is 16.2. The van der Waals surface area contributed by atoms with E-state index in [2.05, 4.69) is 24.1 Å². The first-order chi connectivity index (χ1) is 8.82. The van der Waals surface area contributed by atoms with Gasteiger partial charge in [-0.25, -0.2) is 0 Å². The van der Waals surface area contributed by atoms with Crippen LogP contribution in [0.5, 0.6) is 0 Å². The summed E-state index contributed by atoms with van der Waals surface area (Å²) in [6.07, 6.45) is 1.60. The molecular formula is C14H27N3O2. The van der Waals surface area contributed by atoms with E-state index in [4.69, 9.17) is 5.73 Å². The maximum atomic E-state index is 12.1. The number of likely N-dealkylation sites (tertiary alicyclic amines) is 1. The van der Waals surface area contributed by atoms with Crippen molar-refractivity contribution in [1.29, 1.82) is 0 Å². The Labute approximate surface area is 115 Å². The lowest BCUT2D eigenvalue weighted by atomic mass is 9.94. The topological polar surface area (TPSA) is 75.4 Å². The highest BCUT2D eigenvalue weighted by Gasteiger charge is 2.29. The minimum Gasteiger partial charge on any atom is -0.368 e. The zero-order valence-electron chi connectivity index (χ0n) is 12.5. The first-order valence-electron chi connectivity index (χ1n) is 7.16. The molecule has 0 radical (unpaired) electrons. The number of primary amides is 1. The van der Waals surface area contributed by atoms with E-state index >= 15 is 0 Å². The lowest BCUT2D eigenvalue weighted by molar-refractivity contribution is -0.128. The number of hydrogen-bond donors (Lipinski definition) is 2. The number of amides is 2. The number of nitrogens with zero attached hydrogens (tertiary/aromatic N) is 1. The summed E-state index contributed by atoms with van der Waals surface area (Å²) in [4.78, 5) is 25.3. The van der Waals surface area contributed by atoms with Gasteiger partial charge in [0.1, 0.15) is 0 Å². The number of nitrogens with one attached hydrogen (secondary N) is 1. The third-order valence-electron chi connectivity index (χ3n) is 4.23. The third-order valence-corrected chi connectivity index (χ3v) is 4.23. The van der Waals surface area contributed by atoms with Crippen LogP contribution in [-0.4, -0.2) is 41.9 Å². The van der Waals surface area contributed by atoms with E-state index in [1.165, 1.54) is 0 Å². The van der Waals surface area contributed by atoms with E-state index < -0.39 is 0 Å². The molecule has 0 spiro atoms. The van der Waals surface area contributed by atoms with Crippen molar-refractivity contribution >= 4 is 11.8 Å². The normalized spacial score (nSPS) is 21.1. The summed E-state index contributed by atoms with van der Waals surface area (Å²) in [6, 6.07) is -0.0336. The van der Waals surface area contributed by atoms with Gasteiger partial charge < -0.3 is 11.1 Å². The van der Waals surface area contributed by atoms with Crippen LogP contribution in [0, 0.1) is 11.8 Å². The minimum absolute atomic E-state index is 0.0672. The number of carbonyl (C=O) groups excluding carboxylic acids is 2. The molecule has 5 heteroatoms. The summed E-state index contributed by atoms with van der Waals surface area (Å²) in [5.41, 5.74) is 5.30. The standard InChI is InChI=1S/C14H27N3O2/c1-9(2)10(3)16-14(19)12-5-7-17(8-6-12)11(4)13(15)18/h9-12H,5-8H2,1-4H3,(H2,15,18)(H,16,19)/t10-,11+/m0/s1. The molecule has 0 saturated carbocycles. The summed E-state index contributed by atoms with van der Waals surface area (Å²) in [5.74, 6) is 0.361. The monoisotopic (exact) mass is 269 g/mol. The number of carbonyl (C=O) groups is 2. The molecule has 3 N–H and O–H groups in total. The molecule has 0 aromatic rings. The van der Waals surface area contributed by atoms with Crippen LogP contribution >= 0.6 is 0 Å². The van der Waals surface area contributed by atoms with Gasteiger partial charge in [-0.3, -0.25) is 14.5 Å². The van der Waals surface area contributed by atoms with E-state index in [0.717, 1.165) is 25.9 Å². The second-order valence-corrected chi connectivity index (χ2v) is 5.93. The van der Waals surface area contributed by atoms with Gasteiger partial charge in [0.15, 0.2) is 0 Å². The Balaban J connectivity index is 2.41. The van der Waals surface area contributed by atoms with Crippen LogP contribution in [0.2, 0.25) is 0 Å². The SMILES string of the molecule is CC(C)[C@H](C)NC(=O)C1CCN([C@H](C)C(N)=O)CC1. The maximum absolute atomic E-state index is 12.1. The molecule has 0 aliphatic carbocycles. The molecule has 1 aliphatic heterocycles. The van der Waals surface area contributed by atoms with Crippen molar-refractivity contribution in [3.05, 3.63) is 0 Å². The number of rotatable bonds is 5. The summed E-state index contributed by atoms with van der Waals surface area (Å²) in [6.45, 7) is 9.58. The van der Waals surface area contributed by atoms with Crippen LogP contribution < -0.4 is 11.1 Å². The van der Waals surface area contributed by atoms with Gasteiger partial charge in [0.2, 0.25) is 11.8 Å².